The molecule has 0 saturated carbocycles. The molecule has 1 fully saturated rings. The molecule has 0 spiro atoms. The number of alkyl halides is 3. The lowest BCUT2D eigenvalue weighted by Crippen LogP contribution is -2.39. The minimum Gasteiger partial charge on any atom is -0.371 e. The average Bonchev–Trinajstić information content (AvgIpc) is 2.91. The molecule has 0 atom stereocenters. The van der Waals surface area contributed by atoms with E-state index in [1.54, 1.807) is 0 Å². The average molecular weight is 417 g/mol. The molecule has 0 aromatic heterocycles. The van der Waals surface area contributed by atoms with Crippen LogP contribution in [0.2, 0.25) is 0 Å². The van der Waals surface area contributed by atoms with Gasteiger partial charge in [-0.2, -0.15) is 13.2 Å². The molecule has 2 N–H and O–H groups in total. The standard InChI is InChI=1S/C23H26F3N3O/c1-14-12-17(29-10-8-15(9-11-29)23(24,25)26)5-7-19(14)27-16-4-6-18-20(13-16)28-21(30)22(18,2)3/h4-7,12-13,15,27H,8-11H2,1-3H3,(H,28,30). The Morgan fingerprint density at radius 2 is 1.80 bits per heavy atom. The number of carbonyl (C=O) groups excluding carboxylic acids is 1. The van der Waals surface area contributed by atoms with Gasteiger partial charge in [-0.1, -0.05) is 6.07 Å². The van der Waals surface area contributed by atoms with E-state index < -0.39 is 17.5 Å². The lowest BCUT2D eigenvalue weighted by Gasteiger charge is -2.34. The Bertz CT molecular complexity index is 976. The summed E-state index contributed by atoms with van der Waals surface area (Å²) in [5, 5.41) is 6.31. The molecule has 1 amide bonds. The molecule has 160 valence electrons. The maximum absolute atomic E-state index is 12.9. The predicted octanol–water partition coefficient (Wildman–Crippen LogP) is 5.75. The molecule has 2 heterocycles. The van der Waals surface area contributed by atoms with Gasteiger partial charge < -0.3 is 15.5 Å². The van der Waals surface area contributed by atoms with E-state index in [2.05, 4.69) is 10.6 Å². The molecule has 0 unspecified atom stereocenters. The molecule has 2 aromatic rings. The van der Waals surface area contributed by atoms with Gasteiger partial charge in [0.2, 0.25) is 5.91 Å². The number of nitrogens with one attached hydrogen (secondary N) is 2. The maximum atomic E-state index is 12.9. The lowest BCUT2D eigenvalue weighted by molar-refractivity contribution is -0.179. The summed E-state index contributed by atoms with van der Waals surface area (Å²) in [6.45, 7) is 6.61. The van der Waals surface area contributed by atoms with Crippen molar-refractivity contribution in [3.05, 3.63) is 47.5 Å². The molecule has 0 aliphatic carbocycles. The van der Waals surface area contributed by atoms with Gasteiger partial charge in [0.25, 0.3) is 0 Å². The molecular weight excluding hydrogens is 391 g/mol. The number of aryl methyl sites for hydroxylation is 1. The zero-order chi connectivity index (χ0) is 21.7. The minimum atomic E-state index is -4.10. The third-order valence-electron chi connectivity index (χ3n) is 6.32. The number of fused-ring (bicyclic) bond motifs is 1. The van der Waals surface area contributed by atoms with Gasteiger partial charge in [0.05, 0.1) is 11.3 Å². The Morgan fingerprint density at radius 3 is 2.43 bits per heavy atom. The number of anilines is 4. The first-order valence-electron chi connectivity index (χ1n) is 10.2. The highest BCUT2D eigenvalue weighted by Crippen LogP contribution is 2.40. The van der Waals surface area contributed by atoms with Crippen LogP contribution in [0.15, 0.2) is 36.4 Å². The van der Waals surface area contributed by atoms with Crippen molar-refractivity contribution >= 4 is 28.7 Å². The quantitative estimate of drug-likeness (QED) is 0.669. The van der Waals surface area contributed by atoms with Crippen LogP contribution in [0.3, 0.4) is 0 Å². The Balaban J connectivity index is 1.46. The summed E-state index contributed by atoms with van der Waals surface area (Å²) in [4.78, 5) is 14.2. The number of rotatable bonds is 3. The first kappa shape index (κ1) is 20.6. The van der Waals surface area contributed by atoms with Gasteiger partial charge in [-0.3, -0.25) is 4.79 Å². The molecule has 4 rings (SSSR count). The van der Waals surface area contributed by atoms with Gasteiger partial charge >= 0.3 is 6.18 Å². The monoisotopic (exact) mass is 417 g/mol. The van der Waals surface area contributed by atoms with E-state index in [9.17, 15) is 18.0 Å². The van der Waals surface area contributed by atoms with Gasteiger partial charge in [0.15, 0.2) is 0 Å². The van der Waals surface area contributed by atoms with Crippen LogP contribution in [-0.4, -0.2) is 25.2 Å². The topological polar surface area (TPSA) is 44.4 Å². The molecule has 2 aliphatic rings. The van der Waals surface area contributed by atoms with E-state index >= 15 is 0 Å². The third-order valence-corrected chi connectivity index (χ3v) is 6.32. The second-order valence-corrected chi connectivity index (χ2v) is 8.77. The van der Waals surface area contributed by atoms with Crippen LogP contribution in [0.1, 0.15) is 37.8 Å². The van der Waals surface area contributed by atoms with Crippen molar-refractivity contribution in [1.29, 1.82) is 0 Å². The second kappa shape index (κ2) is 7.22. The van der Waals surface area contributed by atoms with Crippen molar-refractivity contribution in [3.63, 3.8) is 0 Å². The molecule has 2 aromatic carbocycles. The van der Waals surface area contributed by atoms with Crippen molar-refractivity contribution in [1.82, 2.24) is 0 Å². The van der Waals surface area contributed by atoms with Gasteiger partial charge in [-0.05, 0) is 75.1 Å². The number of hydrogen-bond donors (Lipinski definition) is 2. The number of hydrogen-bond acceptors (Lipinski definition) is 3. The number of benzene rings is 2. The van der Waals surface area contributed by atoms with Gasteiger partial charge in [0.1, 0.15) is 0 Å². The van der Waals surface area contributed by atoms with Crippen LogP contribution in [0.25, 0.3) is 0 Å². The van der Waals surface area contributed by atoms with Crippen LogP contribution >= 0.6 is 0 Å². The van der Waals surface area contributed by atoms with Crippen LogP contribution in [0, 0.1) is 12.8 Å². The van der Waals surface area contributed by atoms with E-state index in [1.165, 1.54) is 0 Å². The smallest absolute Gasteiger partial charge is 0.371 e. The van der Waals surface area contributed by atoms with E-state index in [0.29, 0.717) is 13.1 Å². The summed E-state index contributed by atoms with van der Waals surface area (Å²) in [6.07, 6.45) is -3.82. The minimum absolute atomic E-state index is 0.00974. The van der Waals surface area contributed by atoms with Gasteiger partial charge in [-0.25, -0.2) is 0 Å². The first-order chi connectivity index (χ1) is 14.1. The molecule has 30 heavy (non-hydrogen) atoms. The normalized spacial score (nSPS) is 18.9. The number of amides is 1. The van der Waals surface area contributed by atoms with Crippen molar-refractivity contribution in [3.8, 4) is 0 Å². The summed E-state index contributed by atoms with van der Waals surface area (Å²) in [7, 11) is 0. The molecule has 1 saturated heterocycles. The van der Waals surface area contributed by atoms with Crippen LogP contribution in [0.4, 0.5) is 35.9 Å². The summed E-state index contributed by atoms with van der Waals surface area (Å²) >= 11 is 0. The van der Waals surface area contributed by atoms with Crippen LogP contribution in [0.5, 0.6) is 0 Å². The Kier molecular flexibility index (Phi) is 4.95. The van der Waals surface area contributed by atoms with Crippen molar-refractivity contribution in [2.75, 3.05) is 28.6 Å². The fraction of sp³-hybridized carbons (Fsp3) is 0.435. The highest BCUT2D eigenvalue weighted by atomic mass is 19.4. The largest absolute Gasteiger partial charge is 0.391 e. The second-order valence-electron chi connectivity index (χ2n) is 8.77. The summed E-state index contributed by atoms with van der Waals surface area (Å²) in [5.41, 5.74) is 5.01. The molecule has 7 heteroatoms. The van der Waals surface area contributed by atoms with Gasteiger partial charge in [0, 0.05) is 35.8 Å². The molecular formula is C23H26F3N3O. The van der Waals surface area contributed by atoms with E-state index in [4.69, 9.17) is 0 Å². The Labute approximate surface area is 174 Å². The SMILES string of the molecule is Cc1cc(N2CCC(C(F)(F)F)CC2)ccc1Nc1ccc2c(c1)NC(=O)C2(C)C. The first-order valence-corrected chi connectivity index (χ1v) is 10.2. The maximum Gasteiger partial charge on any atom is 0.391 e. The number of carbonyl (C=O) groups is 1. The van der Waals surface area contributed by atoms with E-state index in [-0.39, 0.29) is 18.7 Å². The lowest BCUT2D eigenvalue weighted by atomic mass is 9.86. The van der Waals surface area contributed by atoms with Crippen LogP contribution < -0.4 is 15.5 Å². The van der Waals surface area contributed by atoms with E-state index in [0.717, 1.165) is 33.9 Å². The third kappa shape index (κ3) is 3.73. The summed E-state index contributed by atoms with van der Waals surface area (Å²) < 4.78 is 38.7. The van der Waals surface area contributed by atoms with Gasteiger partial charge in [-0.15, -0.1) is 0 Å². The number of nitrogens with zero attached hydrogens (tertiary/aromatic N) is 1. The summed E-state index contributed by atoms with van der Waals surface area (Å²) in [6, 6.07) is 11.8. The zero-order valence-corrected chi connectivity index (χ0v) is 17.4. The summed E-state index contributed by atoms with van der Waals surface area (Å²) in [5.74, 6) is -1.20. The van der Waals surface area contributed by atoms with E-state index in [1.807, 2.05) is 62.1 Å². The fourth-order valence-electron chi connectivity index (χ4n) is 4.28. The molecule has 4 nitrogen and oxygen atoms in total. The Hall–Kier alpha value is -2.70. The number of halogens is 3. The molecule has 0 bridgehead atoms. The Morgan fingerprint density at radius 1 is 1.10 bits per heavy atom. The fourth-order valence-corrected chi connectivity index (χ4v) is 4.28. The highest BCUT2D eigenvalue weighted by Gasteiger charge is 2.41. The predicted molar refractivity (Wildman–Crippen MR) is 114 cm³/mol. The highest BCUT2D eigenvalue weighted by molar-refractivity contribution is 6.06. The zero-order valence-electron chi connectivity index (χ0n) is 17.4. The van der Waals surface area contributed by atoms with Crippen molar-refractivity contribution < 1.29 is 18.0 Å². The van der Waals surface area contributed by atoms with Crippen LogP contribution in [-0.2, 0) is 10.2 Å². The van der Waals surface area contributed by atoms with Crippen molar-refractivity contribution in [2.24, 2.45) is 5.92 Å². The van der Waals surface area contributed by atoms with Crippen molar-refractivity contribution in [2.45, 2.75) is 45.2 Å². The molecule has 0 radical (unpaired) electrons. The molecule has 2 aliphatic heterocycles. The number of piperidine rings is 1.